The molecule has 232 valence electrons. The van der Waals surface area contributed by atoms with Crippen molar-refractivity contribution in [1.29, 1.82) is 0 Å². The zero-order valence-corrected chi connectivity index (χ0v) is 25.0. The van der Waals surface area contributed by atoms with Gasteiger partial charge in [0.1, 0.15) is 28.6 Å². The van der Waals surface area contributed by atoms with Gasteiger partial charge in [-0.05, 0) is 59.4 Å². The summed E-state index contributed by atoms with van der Waals surface area (Å²) in [4.78, 5) is 51.3. The van der Waals surface area contributed by atoms with Gasteiger partial charge in [-0.2, -0.15) is 0 Å². The Hall–Kier alpha value is -4.28. The third-order valence-electron chi connectivity index (χ3n) is 9.30. The molecule has 0 unspecified atom stereocenters. The first-order valence-electron chi connectivity index (χ1n) is 15.0. The number of benzene rings is 2. The number of nitrogens with two attached hydrogens (primary N) is 1. The maximum absolute atomic E-state index is 14.0. The number of hydrogen-bond donors (Lipinski definition) is 6. The summed E-state index contributed by atoms with van der Waals surface area (Å²) in [6.07, 6.45) is 1.61. The number of aliphatic hydroxyl groups is 3. The van der Waals surface area contributed by atoms with Crippen LogP contribution in [0.25, 0.3) is 16.9 Å². The fraction of sp³-hybridized carbons (Fsp3) is 0.412. The number of carbonyl (C=O) groups excluding carboxylic acids is 4. The Morgan fingerprint density at radius 2 is 1.75 bits per heavy atom. The van der Waals surface area contributed by atoms with Gasteiger partial charge in [-0.1, -0.05) is 51.1 Å². The van der Waals surface area contributed by atoms with E-state index in [9.17, 15) is 39.6 Å². The second-order valence-electron chi connectivity index (χ2n) is 12.4. The zero-order valence-electron chi connectivity index (χ0n) is 25.0. The van der Waals surface area contributed by atoms with Crippen LogP contribution in [0.2, 0.25) is 0 Å². The largest absolute Gasteiger partial charge is 0.508 e. The molecule has 0 saturated heterocycles. The van der Waals surface area contributed by atoms with Gasteiger partial charge < -0.3 is 31.5 Å². The molecule has 0 aromatic heterocycles. The van der Waals surface area contributed by atoms with Crippen molar-refractivity contribution in [2.75, 3.05) is 6.54 Å². The summed E-state index contributed by atoms with van der Waals surface area (Å²) in [6, 6.07) is 10.8. The number of rotatable bonds is 9. The fourth-order valence-corrected chi connectivity index (χ4v) is 7.27. The van der Waals surface area contributed by atoms with Gasteiger partial charge in [0.25, 0.3) is 5.91 Å². The molecular formula is C34H38N2O8. The number of phenols is 1. The molecule has 5 rings (SSSR count). The molecule has 7 N–H and O–H groups in total. The summed E-state index contributed by atoms with van der Waals surface area (Å²) in [7, 11) is 0. The number of Topliss-reactive ketones (excluding diaryl/α,β-unsaturated/α-hetero) is 3. The fourth-order valence-electron chi connectivity index (χ4n) is 7.27. The third-order valence-corrected chi connectivity index (χ3v) is 9.30. The maximum atomic E-state index is 14.0. The highest BCUT2D eigenvalue weighted by molar-refractivity contribution is 6.23. The SMILES string of the molecule is CCCC(=O)CNCc1ccc(-c2ccc(O)c3c2C[C@H]2C[C@H]4[C@H](C(C)C)C(=O)C(C(N)=O)=C(O)[C@@]4(O)C(=O)C2=C3O)cc1. The monoisotopic (exact) mass is 602 g/mol. The standard InChI is InChI=1S/C34H38N2O8/c1-4-5-20(37)15-36-14-17-6-8-18(9-7-17)21-10-11-24(38)27-22(21)12-19-13-23-25(16(2)3)29(39)28(33(35)43)32(42)34(23,44)31(41)26(19)30(27)40/h6-11,16,19,23,25,36,38,40,42,44H,4-5,12-15H2,1-3H3,(H2,35,43)/t19-,23-,25-,34-/m0/s1. The Morgan fingerprint density at radius 1 is 1.07 bits per heavy atom. The first kappa shape index (κ1) is 31.2. The number of primary amides is 1. The lowest BCUT2D eigenvalue weighted by atomic mass is 9.54. The van der Waals surface area contributed by atoms with Crippen molar-refractivity contribution in [2.24, 2.45) is 29.4 Å². The highest BCUT2D eigenvalue weighted by atomic mass is 16.3. The van der Waals surface area contributed by atoms with E-state index < -0.39 is 63.8 Å². The quantitative estimate of drug-likeness (QED) is 0.234. The molecule has 1 amide bonds. The van der Waals surface area contributed by atoms with E-state index in [4.69, 9.17) is 5.73 Å². The summed E-state index contributed by atoms with van der Waals surface area (Å²) >= 11 is 0. The number of hydrogen-bond acceptors (Lipinski definition) is 9. The molecule has 3 aliphatic rings. The minimum absolute atomic E-state index is 0.0511. The summed E-state index contributed by atoms with van der Waals surface area (Å²) in [5, 5.41) is 48.3. The van der Waals surface area contributed by atoms with Gasteiger partial charge in [-0.25, -0.2) is 0 Å². The first-order valence-corrected chi connectivity index (χ1v) is 15.0. The number of nitrogens with one attached hydrogen (secondary N) is 1. The van der Waals surface area contributed by atoms with Gasteiger partial charge in [0.05, 0.1) is 12.1 Å². The highest BCUT2D eigenvalue weighted by Gasteiger charge is 2.64. The smallest absolute Gasteiger partial charge is 0.255 e. The summed E-state index contributed by atoms with van der Waals surface area (Å²) in [5.74, 6) is -7.78. The van der Waals surface area contributed by atoms with E-state index in [1.165, 1.54) is 6.07 Å². The van der Waals surface area contributed by atoms with Gasteiger partial charge >= 0.3 is 0 Å². The molecule has 44 heavy (non-hydrogen) atoms. The molecule has 4 atom stereocenters. The molecule has 0 radical (unpaired) electrons. The van der Waals surface area contributed by atoms with Crippen LogP contribution in [-0.2, 0) is 32.1 Å². The molecule has 10 nitrogen and oxygen atoms in total. The molecule has 0 heterocycles. The van der Waals surface area contributed by atoms with Crippen LogP contribution in [0, 0.1) is 23.7 Å². The Bertz CT molecular complexity index is 1620. The molecule has 10 heteroatoms. The molecular weight excluding hydrogens is 564 g/mol. The molecule has 1 fully saturated rings. The van der Waals surface area contributed by atoms with Crippen LogP contribution in [-0.4, -0.2) is 55.8 Å². The molecule has 2 aromatic rings. The van der Waals surface area contributed by atoms with Gasteiger partial charge in [-0.15, -0.1) is 0 Å². The van der Waals surface area contributed by atoms with Crippen LogP contribution in [0.4, 0.5) is 0 Å². The van der Waals surface area contributed by atoms with Crippen LogP contribution < -0.4 is 11.1 Å². The molecule has 3 aliphatic carbocycles. The topological polar surface area (TPSA) is 187 Å². The molecule has 0 aliphatic heterocycles. The lowest BCUT2D eigenvalue weighted by Crippen LogP contribution is -2.62. The normalized spacial score (nSPS) is 24.7. The van der Waals surface area contributed by atoms with Crippen LogP contribution in [0.3, 0.4) is 0 Å². The van der Waals surface area contributed by atoms with E-state index in [0.717, 1.165) is 23.1 Å². The second-order valence-corrected chi connectivity index (χ2v) is 12.4. The molecule has 0 bridgehead atoms. The minimum Gasteiger partial charge on any atom is -0.508 e. The average molecular weight is 603 g/mol. The number of aromatic hydroxyl groups is 1. The summed E-state index contributed by atoms with van der Waals surface area (Å²) in [6.45, 7) is 6.23. The number of carbonyl (C=O) groups is 4. The van der Waals surface area contributed by atoms with Crippen molar-refractivity contribution in [2.45, 2.75) is 58.6 Å². The van der Waals surface area contributed by atoms with Crippen LogP contribution in [0.1, 0.15) is 56.7 Å². The molecule has 2 aromatic carbocycles. The van der Waals surface area contributed by atoms with Gasteiger partial charge in [0, 0.05) is 30.4 Å². The van der Waals surface area contributed by atoms with Gasteiger partial charge in [0.2, 0.25) is 5.78 Å². The average Bonchev–Trinajstić information content (AvgIpc) is 2.95. The number of fused-ring (bicyclic) bond motifs is 3. The zero-order chi connectivity index (χ0) is 32.1. The van der Waals surface area contributed by atoms with Gasteiger partial charge in [-0.3, -0.25) is 19.2 Å². The van der Waals surface area contributed by atoms with E-state index in [-0.39, 0.29) is 35.5 Å². The first-order chi connectivity index (χ1) is 20.8. The molecule has 1 saturated carbocycles. The highest BCUT2D eigenvalue weighted by Crippen LogP contribution is 2.55. The summed E-state index contributed by atoms with van der Waals surface area (Å²) in [5.41, 5.74) is 4.95. The van der Waals surface area contributed by atoms with Crippen molar-refractivity contribution in [3.63, 3.8) is 0 Å². The predicted molar refractivity (Wildman–Crippen MR) is 162 cm³/mol. The number of aliphatic hydroxyl groups excluding tert-OH is 2. The van der Waals surface area contributed by atoms with E-state index in [0.29, 0.717) is 25.1 Å². The van der Waals surface area contributed by atoms with Crippen molar-refractivity contribution >= 4 is 29.0 Å². The number of ketones is 3. The Morgan fingerprint density at radius 3 is 2.36 bits per heavy atom. The molecule has 0 spiro atoms. The van der Waals surface area contributed by atoms with E-state index in [1.54, 1.807) is 19.9 Å². The second kappa shape index (κ2) is 11.7. The number of amides is 1. The van der Waals surface area contributed by atoms with Crippen LogP contribution in [0.15, 0.2) is 53.3 Å². The van der Waals surface area contributed by atoms with E-state index in [2.05, 4.69) is 5.32 Å². The van der Waals surface area contributed by atoms with Crippen LogP contribution in [0.5, 0.6) is 5.75 Å². The Labute approximate surface area is 255 Å². The maximum Gasteiger partial charge on any atom is 0.255 e. The third kappa shape index (κ3) is 4.92. The minimum atomic E-state index is -2.64. The van der Waals surface area contributed by atoms with E-state index in [1.807, 2.05) is 31.2 Å². The van der Waals surface area contributed by atoms with Crippen molar-refractivity contribution in [3.05, 3.63) is 70.0 Å². The lowest BCUT2D eigenvalue weighted by Gasteiger charge is -2.50. The van der Waals surface area contributed by atoms with Crippen molar-refractivity contribution < 1.29 is 39.6 Å². The van der Waals surface area contributed by atoms with Crippen LogP contribution >= 0.6 is 0 Å². The lowest BCUT2D eigenvalue weighted by molar-refractivity contribution is -0.155. The Balaban J connectivity index is 1.54. The predicted octanol–water partition coefficient (Wildman–Crippen LogP) is 3.43. The van der Waals surface area contributed by atoms with Gasteiger partial charge in [0.15, 0.2) is 11.4 Å². The van der Waals surface area contributed by atoms with Crippen molar-refractivity contribution in [3.8, 4) is 16.9 Å². The Kier molecular flexibility index (Phi) is 8.26. The summed E-state index contributed by atoms with van der Waals surface area (Å²) < 4.78 is 0. The van der Waals surface area contributed by atoms with E-state index >= 15 is 0 Å². The number of phenolic OH excluding ortho intramolecular Hbond substituents is 1. The van der Waals surface area contributed by atoms with Crippen molar-refractivity contribution in [1.82, 2.24) is 5.32 Å².